The number of hydrogen-bond acceptors (Lipinski definition) is 3. The second-order valence-electron chi connectivity index (χ2n) is 4.34. The average molecular weight is 246 g/mol. The Morgan fingerprint density at radius 1 is 1.24 bits per heavy atom. The molecule has 0 aromatic rings. The summed E-state index contributed by atoms with van der Waals surface area (Å²) >= 11 is 0. The van der Waals surface area contributed by atoms with Gasteiger partial charge in [0.15, 0.2) is 6.04 Å². The normalized spacial score (nSPS) is 15.8. The largest absolute Gasteiger partial charge is 0.480 e. The zero-order chi connectivity index (χ0) is 13.4. The van der Waals surface area contributed by atoms with E-state index in [9.17, 15) is 9.59 Å². The highest BCUT2D eigenvalue weighted by atomic mass is 16.4. The molecule has 100 valence electrons. The second-order valence-corrected chi connectivity index (χ2v) is 4.34. The Balaban J connectivity index is 4.04. The van der Waals surface area contributed by atoms with E-state index >= 15 is 0 Å². The number of nitrogens with one attached hydrogen (secondary N) is 2. The molecule has 0 spiro atoms. The molecule has 3 unspecified atom stereocenters. The van der Waals surface area contributed by atoms with Crippen LogP contribution in [-0.2, 0) is 4.79 Å². The summed E-state index contributed by atoms with van der Waals surface area (Å²) in [4.78, 5) is 22.0. The van der Waals surface area contributed by atoms with Gasteiger partial charge in [-0.3, -0.25) is 0 Å². The predicted molar refractivity (Wildman–Crippen MR) is 63.7 cm³/mol. The predicted octanol–water partition coefficient (Wildman–Crippen LogP) is 0.556. The van der Waals surface area contributed by atoms with Crippen molar-refractivity contribution in [3.63, 3.8) is 0 Å². The highest BCUT2D eigenvalue weighted by molar-refractivity contribution is 5.82. The van der Waals surface area contributed by atoms with Gasteiger partial charge in [-0.25, -0.2) is 9.59 Å². The molecule has 0 aliphatic carbocycles. The van der Waals surface area contributed by atoms with Crippen LogP contribution in [0.1, 0.15) is 33.6 Å². The van der Waals surface area contributed by atoms with E-state index in [1.54, 1.807) is 0 Å². The van der Waals surface area contributed by atoms with Gasteiger partial charge in [0.2, 0.25) is 0 Å². The van der Waals surface area contributed by atoms with Crippen LogP contribution in [0.5, 0.6) is 0 Å². The number of aliphatic hydroxyl groups is 1. The third kappa shape index (κ3) is 6.78. The zero-order valence-corrected chi connectivity index (χ0v) is 10.6. The minimum absolute atomic E-state index is 0.0295. The van der Waals surface area contributed by atoms with Crippen molar-refractivity contribution in [3.05, 3.63) is 0 Å². The van der Waals surface area contributed by atoms with Crippen LogP contribution in [0.3, 0.4) is 0 Å². The molecule has 3 atom stereocenters. The van der Waals surface area contributed by atoms with Crippen LogP contribution in [0.2, 0.25) is 0 Å². The van der Waals surface area contributed by atoms with Crippen molar-refractivity contribution in [2.45, 2.75) is 45.7 Å². The van der Waals surface area contributed by atoms with Gasteiger partial charge in [0.1, 0.15) is 0 Å². The van der Waals surface area contributed by atoms with Gasteiger partial charge >= 0.3 is 12.0 Å². The third-order valence-corrected chi connectivity index (χ3v) is 2.62. The van der Waals surface area contributed by atoms with Crippen LogP contribution in [-0.4, -0.2) is 40.9 Å². The van der Waals surface area contributed by atoms with Crippen LogP contribution >= 0.6 is 0 Å². The van der Waals surface area contributed by atoms with E-state index in [2.05, 4.69) is 24.5 Å². The second kappa shape index (κ2) is 7.89. The molecule has 2 amide bonds. The quantitative estimate of drug-likeness (QED) is 0.527. The molecule has 0 aromatic heterocycles. The van der Waals surface area contributed by atoms with Crippen molar-refractivity contribution in [2.75, 3.05) is 6.61 Å². The molecule has 6 heteroatoms. The van der Waals surface area contributed by atoms with Gasteiger partial charge in [0.05, 0.1) is 6.61 Å². The first-order chi connectivity index (χ1) is 7.90. The number of aliphatic carboxylic acids is 1. The van der Waals surface area contributed by atoms with Gasteiger partial charge in [-0.2, -0.15) is 0 Å². The smallest absolute Gasteiger partial charge is 0.328 e. The van der Waals surface area contributed by atoms with Gasteiger partial charge < -0.3 is 20.8 Å². The Morgan fingerprint density at radius 2 is 1.82 bits per heavy atom. The highest BCUT2D eigenvalue weighted by Crippen LogP contribution is 2.09. The van der Waals surface area contributed by atoms with Crippen molar-refractivity contribution in [1.82, 2.24) is 10.6 Å². The lowest BCUT2D eigenvalue weighted by Gasteiger charge is -2.19. The summed E-state index contributed by atoms with van der Waals surface area (Å²) in [7, 11) is 0. The molecule has 0 saturated carbocycles. The minimum atomic E-state index is -1.26. The summed E-state index contributed by atoms with van der Waals surface area (Å²) < 4.78 is 0. The fraction of sp³-hybridized carbons (Fsp3) is 0.818. The fourth-order valence-corrected chi connectivity index (χ4v) is 1.44. The topological polar surface area (TPSA) is 98.7 Å². The summed E-state index contributed by atoms with van der Waals surface area (Å²) in [5.41, 5.74) is 0. The molecular weight excluding hydrogens is 224 g/mol. The SMILES string of the molecule is CCC(C)CC(C)NC(=O)NC(CO)C(=O)O. The van der Waals surface area contributed by atoms with Crippen molar-refractivity contribution >= 4 is 12.0 Å². The number of carboxylic acids is 1. The molecule has 0 aliphatic rings. The number of hydrogen-bond donors (Lipinski definition) is 4. The monoisotopic (exact) mass is 246 g/mol. The molecule has 0 radical (unpaired) electrons. The standard InChI is InChI=1S/C11H22N2O4/c1-4-7(2)5-8(3)12-11(17)13-9(6-14)10(15)16/h7-9,14H,4-6H2,1-3H3,(H,15,16)(H2,12,13,17). The Bertz CT molecular complexity index is 258. The minimum Gasteiger partial charge on any atom is -0.480 e. The number of urea groups is 1. The maximum absolute atomic E-state index is 11.4. The van der Waals surface area contributed by atoms with Gasteiger partial charge in [0, 0.05) is 6.04 Å². The Labute approximate surface area is 101 Å². The van der Waals surface area contributed by atoms with Gasteiger partial charge in [-0.05, 0) is 19.3 Å². The van der Waals surface area contributed by atoms with Crippen molar-refractivity contribution in [1.29, 1.82) is 0 Å². The summed E-state index contributed by atoms with van der Waals surface area (Å²) in [5.74, 6) is -0.754. The third-order valence-electron chi connectivity index (χ3n) is 2.62. The molecule has 0 fully saturated rings. The molecule has 0 rings (SSSR count). The van der Waals surface area contributed by atoms with E-state index < -0.39 is 24.6 Å². The van der Waals surface area contributed by atoms with Gasteiger partial charge in [-0.1, -0.05) is 20.3 Å². The molecule has 0 heterocycles. The number of carboxylic acid groups (broad SMARTS) is 1. The van der Waals surface area contributed by atoms with Crippen LogP contribution in [0.25, 0.3) is 0 Å². The van der Waals surface area contributed by atoms with Crippen molar-refractivity contribution < 1.29 is 19.8 Å². The summed E-state index contributed by atoms with van der Waals surface area (Å²) in [6.45, 7) is 5.40. The number of aliphatic hydroxyl groups excluding tert-OH is 1. The van der Waals surface area contributed by atoms with Gasteiger partial charge in [-0.15, -0.1) is 0 Å². The summed E-state index contributed by atoms with van der Waals surface area (Å²) in [5, 5.41) is 22.2. The van der Waals surface area contributed by atoms with E-state index in [-0.39, 0.29) is 6.04 Å². The first kappa shape index (κ1) is 15.7. The van der Waals surface area contributed by atoms with Crippen LogP contribution in [0, 0.1) is 5.92 Å². The molecule has 0 bridgehead atoms. The number of carbonyl (C=O) groups excluding carboxylic acids is 1. The lowest BCUT2D eigenvalue weighted by atomic mass is 10.0. The lowest BCUT2D eigenvalue weighted by molar-refractivity contribution is -0.140. The van der Waals surface area contributed by atoms with Crippen molar-refractivity contribution in [2.24, 2.45) is 5.92 Å². The maximum Gasteiger partial charge on any atom is 0.328 e. The van der Waals surface area contributed by atoms with E-state index in [1.165, 1.54) is 0 Å². The Kier molecular flexibility index (Phi) is 7.29. The lowest BCUT2D eigenvalue weighted by Crippen LogP contribution is -2.50. The van der Waals surface area contributed by atoms with E-state index in [0.29, 0.717) is 5.92 Å². The summed E-state index contributed by atoms with van der Waals surface area (Å²) in [6, 6.07) is -1.86. The number of rotatable bonds is 7. The van der Waals surface area contributed by atoms with E-state index in [4.69, 9.17) is 10.2 Å². The van der Waals surface area contributed by atoms with E-state index in [1.807, 2.05) is 6.92 Å². The molecule has 0 aromatic carbocycles. The molecule has 0 aliphatic heterocycles. The Morgan fingerprint density at radius 3 is 2.24 bits per heavy atom. The first-order valence-corrected chi connectivity index (χ1v) is 5.81. The van der Waals surface area contributed by atoms with Gasteiger partial charge in [0.25, 0.3) is 0 Å². The maximum atomic E-state index is 11.4. The molecule has 17 heavy (non-hydrogen) atoms. The highest BCUT2D eigenvalue weighted by Gasteiger charge is 2.19. The number of carbonyl (C=O) groups is 2. The molecule has 0 saturated heterocycles. The van der Waals surface area contributed by atoms with Crippen LogP contribution < -0.4 is 10.6 Å². The van der Waals surface area contributed by atoms with Crippen molar-refractivity contribution in [3.8, 4) is 0 Å². The Hall–Kier alpha value is -1.30. The fourth-order valence-electron chi connectivity index (χ4n) is 1.44. The molecular formula is C11H22N2O4. The number of amides is 2. The summed E-state index contributed by atoms with van der Waals surface area (Å²) in [6.07, 6.45) is 1.86. The van der Waals surface area contributed by atoms with Crippen LogP contribution in [0.15, 0.2) is 0 Å². The van der Waals surface area contributed by atoms with E-state index in [0.717, 1.165) is 12.8 Å². The molecule has 4 N–H and O–H groups in total. The average Bonchev–Trinajstić information content (AvgIpc) is 2.24. The first-order valence-electron chi connectivity index (χ1n) is 5.81. The van der Waals surface area contributed by atoms with Crippen LogP contribution in [0.4, 0.5) is 4.79 Å². The molecule has 6 nitrogen and oxygen atoms in total. The zero-order valence-electron chi connectivity index (χ0n) is 10.6.